The van der Waals surface area contributed by atoms with Crippen LogP contribution >= 0.6 is 0 Å². The van der Waals surface area contributed by atoms with Crippen LogP contribution in [0.4, 0.5) is 18.9 Å². The van der Waals surface area contributed by atoms with Crippen LogP contribution in [0, 0.1) is 6.92 Å². The van der Waals surface area contributed by atoms with E-state index in [2.05, 4.69) is 10.4 Å². The van der Waals surface area contributed by atoms with E-state index >= 15 is 0 Å². The molecule has 3 rings (SSSR count). The number of carbonyl (C=O) groups excluding carboxylic acids is 1. The molecule has 1 N–H and O–H groups in total. The topological polar surface area (TPSA) is 90.3 Å². The number of amides is 1. The molecule has 1 fully saturated rings. The van der Waals surface area contributed by atoms with Gasteiger partial charge in [-0.25, -0.2) is 8.42 Å². The molecular formula is C17H18F3N3O4S. The van der Waals surface area contributed by atoms with E-state index in [1.807, 2.05) is 0 Å². The van der Waals surface area contributed by atoms with Gasteiger partial charge < -0.3 is 10.1 Å². The molecule has 152 valence electrons. The van der Waals surface area contributed by atoms with E-state index in [0.29, 0.717) is 13.0 Å². The molecule has 1 aromatic carbocycles. The van der Waals surface area contributed by atoms with Crippen molar-refractivity contribution in [1.29, 1.82) is 0 Å². The number of rotatable bonds is 5. The summed E-state index contributed by atoms with van der Waals surface area (Å²) in [5.41, 5.74) is -2.01. The number of alkyl halides is 3. The fraction of sp³-hybridized carbons (Fsp3) is 0.412. The molecule has 2 heterocycles. The summed E-state index contributed by atoms with van der Waals surface area (Å²) >= 11 is 0. The zero-order valence-corrected chi connectivity index (χ0v) is 15.9. The van der Waals surface area contributed by atoms with E-state index < -0.39 is 33.2 Å². The predicted molar refractivity (Wildman–Crippen MR) is 93.8 cm³/mol. The summed E-state index contributed by atoms with van der Waals surface area (Å²) in [7, 11) is -3.54. The Morgan fingerprint density at radius 2 is 2.07 bits per heavy atom. The summed E-state index contributed by atoms with van der Waals surface area (Å²) in [6.45, 7) is 1.71. The molecular weight excluding hydrogens is 399 g/mol. The van der Waals surface area contributed by atoms with Gasteiger partial charge in [0.2, 0.25) is 0 Å². The van der Waals surface area contributed by atoms with Gasteiger partial charge in [0.25, 0.3) is 5.91 Å². The zero-order chi connectivity index (χ0) is 20.7. The number of aryl methyl sites for hydroxylation is 1. The van der Waals surface area contributed by atoms with Gasteiger partial charge in [-0.15, -0.1) is 0 Å². The normalized spacial score (nSPS) is 17.2. The molecule has 0 radical (unpaired) electrons. The first-order valence-electron chi connectivity index (χ1n) is 8.34. The molecule has 28 heavy (non-hydrogen) atoms. The molecule has 0 bridgehead atoms. The van der Waals surface area contributed by atoms with Gasteiger partial charge in [0.05, 0.1) is 23.2 Å². The Kier molecular flexibility index (Phi) is 5.24. The molecule has 7 nitrogen and oxygen atoms in total. The Morgan fingerprint density at radius 1 is 1.39 bits per heavy atom. The number of benzene rings is 1. The highest BCUT2D eigenvalue weighted by Gasteiger charge is 2.41. The van der Waals surface area contributed by atoms with Crippen molar-refractivity contribution in [2.75, 3.05) is 18.2 Å². The van der Waals surface area contributed by atoms with Gasteiger partial charge in [-0.3, -0.25) is 9.48 Å². The van der Waals surface area contributed by atoms with Crippen molar-refractivity contribution in [3.63, 3.8) is 0 Å². The molecule has 1 unspecified atom stereocenters. The third kappa shape index (κ3) is 4.20. The molecule has 1 amide bonds. The number of hydrogen-bond acceptors (Lipinski definition) is 5. The zero-order valence-electron chi connectivity index (χ0n) is 15.1. The number of nitrogens with one attached hydrogen (secondary N) is 1. The van der Waals surface area contributed by atoms with Crippen molar-refractivity contribution in [2.45, 2.75) is 37.1 Å². The second-order valence-electron chi connectivity index (χ2n) is 6.52. The largest absolute Gasteiger partial charge is 0.420 e. The van der Waals surface area contributed by atoms with Crippen molar-refractivity contribution in [1.82, 2.24) is 9.78 Å². The molecule has 1 atom stereocenters. The molecule has 1 aliphatic heterocycles. The number of halogens is 3. The van der Waals surface area contributed by atoms with Crippen LogP contribution < -0.4 is 5.32 Å². The molecule has 0 saturated carbocycles. The third-order valence-corrected chi connectivity index (χ3v) is 5.43. The number of nitrogens with zero attached hydrogens (tertiary/aromatic N) is 2. The first kappa shape index (κ1) is 20.3. The SMILES string of the molecule is Cc1nn(CC2CCO2)c(C(=O)Nc2cccc(S(C)(=O)=O)c2)c1C(F)(F)F. The second-order valence-corrected chi connectivity index (χ2v) is 8.54. The van der Waals surface area contributed by atoms with Gasteiger partial charge in [0.15, 0.2) is 9.84 Å². The van der Waals surface area contributed by atoms with E-state index in [4.69, 9.17) is 4.74 Å². The second kappa shape index (κ2) is 7.21. The van der Waals surface area contributed by atoms with Gasteiger partial charge >= 0.3 is 6.18 Å². The third-order valence-electron chi connectivity index (χ3n) is 4.32. The van der Waals surface area contributed by atoms with Crippen LogP contribution in [0.15, 0.2) is 29.2 Å². The minimum absolute atomic E-state index is 0.0169. The predicted octanol–water partition coefficient (Wildman–Crippen LogP) is 2.66. The van der Waals surface area contributed by atoms with Crippen LogP contribution in [-0.4, -0.2) is 43.1 Å². The number of ether oxygens (including phenoxy) is 1. The van der Waals surface area contributed by atoms with Gasteiger partial charge in [0, 0.05) is 18.6 Å². The lowest BCUT2D eigenvalue weighted by Crippen LogP contribution is -2.33. The molecule has 0 aliphatic carbocycles. The Balaban J connectivity index is 1.98. The van der Waals surface area contributed by atoms with Crippen LogP contribution in [0.5, 0.6) is 0 Å². The highest BCUT2D eigenvalue weighted by Crippen LogP contribution is 2.35. The summed E-state index contributed by atoms with van der Waals surface area (Å²) in [5.74, 6) is -1.03. The number of sulfone groups is 1. The maximum atomic E-state index is 13.5. The standard InChI is InChI=1S/C17H18F3N3O4S/c1-10-14(17(18,19)20)15(23(22-10)9-12-6-7-27-12)16(24)21-11-4-3-5-13(8-11)28(2,25)26/h3-5,8,12H,6-7,9H2,1-2H3,(H,21,24). The average Bonchev–Trinajstić information content (AvgIpc) is 2.87. The highest BCUT2D eigenvalue weighted by molar-refractivity contribution is 7.90. The number of hydrogen-bond donors (Lipinski definition) is 1. The molecule has 11 heteroatoms. The molecule has 2 aromatic rings. The van der Waals surface area contributed by atoms with E-state index in [9.17, 15) is 26.4 Å². The van der Waals surface area contributed by atoms with Crippen molar-refractivity contribution < 1.29 is 31.1 Å². The first-order chi connectivity index (χ1) is 13.0. The van der Waals surface area contributed by atoms with Crippen LogP contribution in [-0.2, 0) is 27.3 Å². The van der Waals surface area contributed by atoms with Gasteiger partial charge in [0.1, 0.15) is 11.3 Å². The summed E-state index contributed by atoms with van der Waals surface area (Å²) in [6.07, 6.45) is -3.42. The van der Waals surface area contributed by atoms with Crippen molar-refractivity contribution in [3.05, 3.63) is 41.2 Å². The van der Waals surface area contributed by atoms with Crippen molar-refractivity contribution in [2.24, 2.45) is 0 Å². The molecule has 1 aromatic heterocycles. The van der Waals surface area contributed by atoms with Gasteiger partial charge in [-0.05, 0) is 31.5 Å². The lowest BCUT2D eigenvalue weighted by atomic mass is 10.1. The van der Waals surface area contributed by atoms with Crippen LogP contribution in [0.1, 0.15) is 28.2 Å². The molecule has 1 aliphatic rings. The fourth-order valence-corrected chi connectivity index (χ4v) is 3.57. The van der Waals surface area contributed by atoms with Crippen molar-refractivity contribution in [3.8, 4) is 0 Å². The van der Waals surface area contributed by atoms with Crippen molar-refractivity contribution >= 4 is 21.4 Å². The quantitative estimate of drug-likeness (QED) is 0.808. The van der Waals surface area contributed by atoms with Gasteiger partial charge in [-0.1, -0.05) is 6.07 Å². The van der Waals surface area contributed by atoms with E-state index in [1.54, 1.807) is 0 Å². The van der Waals surface area contributed by atoms with Gasteiger partial charge in [-0.2, -0.15) is 18.3 Å². The Morgan fingerprint density at radius 3 is 2.61 bits per heavy atom. The maximum Gasteiger partial charge on any atom is 0.420 e. The summed E-state index contributed by atoms with van der Waals surface area (Å²) in [4.78, 5) is 12.6. The average molecular weight is 417 g/mol. The minimum Gasteiger partial charge on any atom is -0.376 e. The lowest BCUT2D eigenvalue weighted by molar-refractivity contribution is -0.138. The smallest absolute Gasteiger partial charge is 0.376 e. The Labute approximate surface area is 159 Å². The minimum atomic E-state index is -4.77. The van der Waals surface area contributed by atoms with E-state index in [0.717, 1.165) is 10.9 Å². The molecule has 1 saturated heterocycles. The Hall–Kier alpha value is -2.40. The summed E-state index contributed by atoms with van der Waals surface area (Å²) in [6, 6.07) is 5.29. The lowest BCUT2D eigenvalue weighted by Gasteiger charge is -2.26. The maximum absolute atomic E-state index is 13.5. The van der Waals surface area contributed by atoms with Crippen LogP contribution in [0.3, 0.4) is 0 Å². The number of carbonyl (C=O) groups is 1. The number of anilines is 1. The summed E-state index contributed by atoms with van der Waals surface area (Å²) in [5, 5.41) is 6.22. The fourth-order valence-electron chi connectivity index (χ4n) is 2.90. The van der Waals surface area contributed by atoms with Crippen LogP contribution in [0.25, 0.3) is 0 Å². The monoisotopic (exact) mass is 417 g/mol. The first-order valence-corrected chi connectivity index (χ1v) is 10.2. The van der Waals surface area contributed by atoms with Crippen LogP contribution in [0.2, 0.25) is 0 Å². The van der Waals surface area contributed by atoms with E-state index in [-0.39, 0.29) is 28.9 Å². The van der Waals surface area contributed by atoms with E-state index in [1.165, 1.54) is 31.2 Å². The molecule has 0 spiro atoms. The highest BCUT2D eigenvalue weighted by atomic mass is 32.2. The number of aromatic nitrogens is 2. The Bertz CT molecular complexity index is 1010. The summed E-state index contributed by atoms with van der Waals surface area (Å²) < 4.78 is 70.1.